The molecule has 0 unspecified atom stereocenters. The number of nitrogens with zero attached hydrogens (tertiary/aromatic N) is 3. The summed E-state index contributed by atoms with van der Waals surface area (Å²) in [5.41, 5.74) is -0.486. The lowest BCUT2D eigenvalue weighted by Gasteiger charge is -2.16. The van der Waals surface area contributed by atoms with Crippen molar-refractivity contribution in [2.24, 2.45) is 0 Å². The molecule has 0 amide bonds. The molecular formula is C15H13ClF5N3. The Morgan fingerprint density at radius 3 is 2.62 bits per heavy atom. The second-order valence-corrected chi connectivity index (χ2v) is 6.09. The van der Waals surface area contributed by atoms with Gasteiger partial charge in [-0.1, -0.05) is 17.7 Å². The Balaban J connectivity index is 1.84. The molecule has 0 atom stereocenters. The number of halogens is 6. The lowest BCUT2D eigenvalue weighted by atomic mass is 10.1. The SMILES string of the molecule is FC1(F)CCN(c2cnn(Cc3c(Cl)cccc3C(F)(F)F)c2)C1. The summed E-state index contributed by atoms with van der Waals surface area (Å²) in [5, 5.41) is 3.95. The summed E-state index contributed by atoms with van der Waals surface area (Å²) in [6.07, 6.45) is -1.97. The van der Waals surface area contributed by atoms with E-state index in [1.165, 1.54) is 34.1 Å². The van der Waals surface area contributed by atoms with Gasteiger partial charge in [-0.2, -0.15) is 18.3 Å². The maximum atomic E-state index is 13.3. The molecule has 1 saturated heterocycles. The van der Waals surface area contributed by atoms with Crippen LogP contribution in [0.1, 0.15) is 17.5 Å². The number of alkyl halides is 5. The fourth-order valence-corrected chi connectivity index (χ4v) is 2.94. The van der Waals surface area contributed by atoms with Crippen LogP contribution in [0.3, 0.4) is 0 Å². The maximum Gasteiger partial charge on any atom is 0.416 e. The van der Waals surface area contributed by atoms with Gasteiger partial charge in [-0.25, -0.2) is 8.78 Å². The molecule has 1 aromatic carbocycles. The highest BCUT2D eigenvalue weighted by atomic mass is 35.5. The molecule has 1 fully saturated rings. The fraction of sp³-hybridized carbons (Fsp3) is 0.400. The van der Waals surface area contributed by atoms with E-state index in [0.29, 0.717) is 5.69 Å². The lowest BCUT2D eigenvalue weighted by Crippen LogP contribution is -2.24. The Bertz CT molecular complexity index is 741. The van der Waals surface area contributed by atoms with Crippen LogP contribution in [0.4, 0.5) is 27.6 Å². The highest BCUT2D eigenvalue weighted by molar-refractivity contribution is 6.31. The first kappa shape index (κ1) is 17.0. The summed E-state index contributed by atoms with van der Waals surface area (Å²) in [6, 6.07) is 3.56. The highest BCUT2D eigenvalue weighted by Gasteiger charge is 2.38. The van der Waals surface area contributed by atoms with Crippen molar-refractivity contribution in [2.45, 2.75) is 25.1 Å². The van der Waals surface area contributed by atoms with Gasteiger partial charge in [0.15, 0.2) is 0 Å². The van der Waals surface area contributed by atoms with Crippen molar-refractivity contribution in [3.05, 3.63) is 46.7 Å². The van der Waals surface area contributed by atoms with Crippen LogP contribution in [-0.2, 0) is 12.7 Å². The molecule has 0 aliphatic carbocycles. The number of benzene rings is 1. The van der Waals surface area contributed by atoms with Crippen LogP contribution in [0.15, 0.2) is 30.6 Å². The van der Waals surface area contributed by atoms with Crippen molar-refractivity contribution < 1.29 is 22.0 Å². The van der Waals surface area contributed by atoms with E-state index in [1.807, 2.05) is 0 Å². The van der Waals surface area contributed by atoms with Gasteiger partial charge < -0.3 is 4.90 Å². The van der Waals surface area contributed by atoms with E-state index in [4.69, 9.17) is 11.6 Å². The van der Waals surface area contributed by atoms with E-state index in [2.05, 4.69) is 5.10 Å². The fourth-order valence-electron chi connectivity index (χ4n) is 2.71. The molecule has 3 nitrogen and oxygen atoms in total. The number of hydrogen-bond acceptors (Lipinski definition) is 2. The molecule has 3 rings (SSSR count). The molecular weight excluding hydrogens is 353 g/mol. The standard InChI is InChI=1S/C15H13ClF5N3/c16-13-3-1-2-12(15(19,20)21)11(13)8-24-7-10(6-22-24)23-5-4-14(17,18)9-23/h1-3,6-7H,4-5,8-9H2. The molecule has 0 spiro atoms. The van der Waals surface area contributed by atoms with E-state index in [9.17, 15) is 22.0 Å². The Kier molecular flexibility index (Phi) is 4.19. The smallest absolute Gasteiger partial charge is 0.363 e. The summed E-state index contributed by atoms with van der Waals surface area (Å²) >= 11 is 5.91. The van der Waals surface area contributed by atoms with Crippen LogP contribution in [0, 0.1) is 0 Å². The van der Waals surface area contributed by atoms with Gasteiger partial charge in [0.2, 0.25) is 0 Å². The molecule has 2 heterocycles. The van der Waals surface area contributed by atoms with Gasteiger partial charge in [-0.3, -0.25) is 4.68 Å². The van der Waals surface area contributed by atoms with Crippen LogP contribution in [0.25, 0.3) is 0 Å². The van der Waals surface area contributed by atoms with Crippen molar-refractivity contribution in [1.82, 2.24) is 9.78 Å². The molecule has 0 N–H and O–H groups in total. The molecule has 24 heavy (non-hydrogen) atoms. The zero-order valence-corrected chi connectivity index (χ0v) is 13.1. The molecule has 130 valence electrons. The van der Waals surface area contributed by atoms with Gasteiger partial charge in [0.25, 0.3) is 5.92 Å². The van der Waals surface area contributed by atoms with Crippen molar-refractivity contribution in [3.8, 4) is 0 Å². The van der Waals surface area contributed by atoms with E-state index >= 15 is 0 Å². The molecule has 1 aliphatic heterocycles. The quantitative estimate of drug-likeness (QED) is 0.749. The summed E-state index contributed by atoms with van der Waals surface area (Å²) in [5.74, 6) is -2.76. The largest absolute Gasteiger partial charge is 0.416 e. The number of hydrogen-bond donors (Lipinski definition) is 0. The first-order valence-corrected chi connectivity index (χ1v) is 7.53. The predicted molar refractivity (Wildman–Crippen MR) is 79.6 cm³/mol. The Morgan fingerprint density at radius 2 is 2.00 bits per heavy atom. The van der Waals surface area contributed by atoms with Gasteiger partial charge in [-0.15, -0.1) is 0 Å². The lowest BCUT2D eigenvalue weighted by molar-refractivity contribution is -0.138. The molecule has 2 aromatic rings. The van der Waals surface area contributed by atoms with Crippen LogP contribution < -0.4 is 4.90 Å². The van der Waals surface area contributed by atoms with Crippen molar-refractivity contribution in [2.75, 3.05) is 18.0 Å². The van der Waals surface area contributed by atoms with Crippen LogP contribution in [-0.4, -0.2) is 28.8 Å². The first-order chi connectivity index (χ1) is 11.2. The number of aromatic nitrogens is 2. The van der Waals surface area contributed by atoms with Gasteiger partial charge >= 0.3 is 6.18 Å². The van der Waals surface area contributed by atoms with E-state index in [1.54, 1.807) is 0 Å². The minimum atomic E-state index is -4.53. The molecule has 0 bridgehead atoms. The average molecular weight is 366 g/mol. The summed E-state index contributed by atoms with van der Waals surface area (Å²) in [6.45, 7) is -0.435. The summed E-state index contributed by atoms with van der Waals surface area (Å²) < 4.78 is 67.0. The topological polar surface area (TPSA) is 21.1 Å². The second-order valence-electron chi connectivity index (χ2n) is 5.69. The number of rotatable bonds is 3. The van der Waals surface area contributed by atoms with Crippen LogP contribution in [0.5, 0.6) is 0 Å². The minimum absolute atomic E-state index is 0.0189. The molecule has 0 saturated carbocycles. The first-order valence-electron chi connectivity index (χ1n) is 7.15. The van der Waals surface area contributed by atoms with Crippen molar-refractivity contribution in [1.29, 1.82) is 0 Å². The normalized spacial score (nSPS) is 17.5. The summed E-state index contributed by atoms with van der Waals surface area (Å²) in [7, 11) is 0. The van der Waals surface area contributed by atoms with Crippen molar-refractivity contribution in [3.63, 3.8) is 0 Å². The molecule has 1 aromatic heterocycles. The zero-order chi connectivity index (χ0) is 17.5. The van der Waals surface area contributed by atoms with Crippen LogP contribution >= 0.6 is 11.6 Å². The second kappa shape index (κ2) is 5.91. The van der Waals surface area contributed by atoms with Gasteiger partial charge in [0, 0.05) is 29.7 Å². The third-order valence-corrected chi connectivity index (χ3v) is 4.25. The van der Waals surface area contributed by atoms with E-state index in [-0.39, 0.29) is 30.1 Å². The monoisotopic (exact) mass is 365 g/mol. The third kappa shape index (κ3) is 3.48. The van der Waals surface area contributed by atoms with Gasteiger partial charge in [0.1, 0.15) is 0 Å². The maximum absolute atomic E-state index is 13.3. The van der Waals surface area contributed by atoms with Gasteiger partial charge in [0.05, 0.1) is 30.5 Å². The Morgan fingerprint density at radius 1 is 1.25 bits per heavy atom. The van der Waals surface area contributed by atoms with Gasteiger partial charge in [-0.05, 0) is 12.1 Å². The van der Waals surface area contributed by atoms with E-state index in [0.717, 1.165) is 6.07 Å². The Labute approximate surface area is 139 Å². The van der Waals surface area contributed by atoms with Crippen LogP contribution in [0.2, 0.25) is 5.02 Å². The molecule has 0 radical (unpaired) electrons. The molecule has 1 aliphatic rings. The van der Waals surface area contributed by atoms with Crippen molar-refractivity contribution >= 4 is 17.3 Å². The average Bonchev–Trinajstić information content (AvgIpc) is 3.06. The number of anilines is 1. The van der Waals surface area contributed by atoms with E-state index < -0.39 is 24.2 Å². The predicted octanol–water partition coefficient (Wildman–Crippen LogP) is 4.45. The third-order valence-electron chi connectivity index (χ3n) is 3.90. The Hall–Kier alpha value is -1.83. The summed E-state index contributed by atoms with van der Waals surface area (Å²) in [4.78, 5) is 1.46. The molecule has 9 heteroatoms. The zero-order valence-electron chi connectivity index (χ0n) is 12.3. The highest BCUT2D eigenvalue weighted by Crippen LogP contribution is 2.36. The minimum Gasteiger partial charge on any atom is -0.363 e.